The van der Waals surface area contributed by atoms with Crippen LogP contribution in [0, 0.1) is 6.92 Å². The Hall–Kier alpha value is -1.67. The van der Waals surface area contributed by atoms with E-state index in [0.29, 0.717) is 5.82 Å². The van der Waals surface area contributed by atoms with Gasteiger partial charge in [0.05, 0.1) is 12.4 Å². The molecule has 92 valence electrons. The van der Waals surface area contributed by atoms with Crippen LogP contribution in [0.1, 0.15) is 11.4 Å². The van der Waals surface area contributed by atoms with Gasteiger partial charge >= 0.3 is 0 Å². The summed E-state index contributed by atoms with van der Waals surface area (Å²) in [6.07, 6.45) is 4.66. The van der Waals surface area contributed by atoms with Gasteiger partial charge in [0.15, 0.2) is 5.03 Å². The van der Waals surface area contributed by atoms with Crippen molar-refractivity contribution in [2.75, 3.05) is 0 Å². The highest BCUT2D eigenvalue weighted by molar-refractivity contribution is 7.89. The molecule has 0 spiro atoms. The predicted octanol–water partition coefficient (Wildman–Crippen LogP) is -0.0699. The molecule has 0 aliphatic carbocycles. The van der Waals surface area contributed by atoms with Crippen LogP contribution in [-0.2, 0) is 23.6 Å². The number of hydrogen-bond acceptors (Lipinski definition) is 4. The maximum Gasteiger partial charge on any atom is 0.257 e. The van der Waals surface area contributed by atoms with Crippen molar-refractivity contribution < 1.29 is 8.42 Å². The maximum atomic E-state index is 11.8. The molecule has 0 bridgehead atoms. The largest absolute Gasteiger partial charge is 0.332 e. The van der Waals surface area contributed by atoms with Crippen molar-refractivity contribution in [1.82, 2.24) is 24.5 Å². The van der Waals surface area contributed by atoms with Crippen molar-refractivity contribution in [3.8, 4) is 0 Å². The summed E-state index contributed by atoms with van der Waals surface area (Å²) in [6, 6.07) is 0. The zero-order valence-corrected chi connectivity index (χ0v) is 10.3. The summed E-state index contributed by atoms with van der Waals surface area (Å²) in [6.45, 7) is 1.90. The molecular formula is C9H13N5O2S. The van der Waals surface area contributed by atoms with E-state index in [4.69, 9.17) is 0 Å². The first kappa shape index (κ1) is 11.8. The third kappa shape index (κ3) is 2.71. The molecule has 0 aliphatic heterocycles. The summed E-state index contributed by atoms with van der Waals surface area (Å²) in [5.74, 6) is 0.562. The van der Waals surface area contributed by atoms with E-state index < -0.39 is 10.0 Å². The van der Waals surface area contributed by atoms with E-state index in [9.17, 15) is 8.42 Å². The average molecular weight is 255 g/mol. The van der Waals surface area contributed by atoms with E-state index in [1.165, 1.54) is 6.20 Å². The predicted molar refractivity (Wildman–Crippen MR) is 60.6 cm³/mol. The highest BCUT2D eigenvalue weighted by Crippen LogP contribution is 2.06. The molecule has 0 fully saturated rings. The van der Waals surface area contributed by atoms with Crippen LogP contribution in [-0.4, -0.2) is 28.2 Å². The summed E-state index contributed by atoms with van der Waals surface area (Å²) >= 11 is 0. The molecule has 17 heavy (non-hydrogen) atoms. The number of sulfonamides is 1. The van der Waals surface area contributed by atoms with Crippen LogP contribution >= 0.6 is 0 Å². The normalized spacial score (nSPS) is 11.9. The van der Waals surface area contributed by atoms with Gasteiger partial charge in [0.25, 0.3) is 10.0 Å². The van der Waals surface area contributed by atoms with Gasteiger partial charge in [-0.2, -0.15) is 5.10 Å². The first-order valence-corrected chi connectivity index (χ1v) is 6.44. The highest BCUT2D eigenvalue weighted by atomic mass is 32.2. The smallest absolute Gasteiger partial charge is 0.257 e. The monoisotopic (exact) mass is 255 g/mol. The fourth-order valence-electron chi connectivity index (χ4n) is 1.35. The number of aromatic nitrogens is 4. The molecule has 0 aromatic carbocycles. The van der Waals surface area contributed by atoms with Gasteiger partial charge < -0.3 is 4.98 Å². The second kappa shape index (κ2) is 4.30. The highest BCUT2D eigenvalue weighted by Gasteiger charge is 2.16. The minimum absolute atomic E-state index is 0.0684. The maximum absolute atomic E-state index is 11.8. The fraction of sp³-hybridized carbons (Fsp3) is 0.333. The van der Waals surface area contributed by atoms with E-state index in [2.05, 4.69) is 19.8 Å². The van der Waals surface area contributed by atoms with Crippen molar-refractivity contribution in [3.63, 3.8) is 0 Å². The van der Waals surface area contributed by atoms with Crippen molar-refractivity contribution in [2.24, 2.45) is 7.05 Å². The van der Waals surface area contributed by atoms with Gasteiger partial charge in [-0.15, -0.1) is 0 Å². The molecule has 0 unspecified atom stereocenters. The molecule has 0 saturated carbocycles. The standard InChI is InChI=1S/C9H13N5O2S/c1-7-10-5-9(13-7)17(15,16)12-4-8-3-11-14(2)6-8/h3,5-6,12H,4H2,1-2H3,(H,10,13). The first-order chi connectivity index (χ1) is 7.97. The number of nitrogens with zero attached hydrogens (tertiary/aromatic N) is 3. The fourth-order valence-corrected chi connectivity index (χ4v) is 2.34. The molecule has 7 nitrogen and oxygen atoms in total. The molecule has 2 N–H and O–H groups in total. The minimum Gasteiger partial charge on any atom is -0.332 e. The third-order valence-corrected chi connectivity index (χ3v) is 3.50. The lowest BCUT2D eigenvalue weighted by Gasteiger charge is -2.02. The van der Waals surface area contributed by atoms with Crippen molar-refractivity contribution in [1.29, 1.82) is 0 Å². The van der Waals surface area contributed by atoms with Crippen molar-refractivity contribution in [2.45, 2.75) is 18.5 Å². The zero-order chi connectivity index (χ0) is 12.5. The molecule has 0 amide bonds. The Labute approximate surface area is 98.9 Å². The molecular weight excluding hydrogens is 242 g/mol. The molecule has 2 rings (SSSR count). The van der Waals surface area contributed by atoms with Crippen LogP contribution in [0.4, 0.5) is 0 Å². The van der Waals surface area contributed by atoms with Crippen LogP contribution in [0.3, 0.4) is 0 Å². The minimum atomic E-state index is -3.53. The number of aryl methyl sites for hydroxylation is 2. The lowest BCUT2D eigenvalue weighted by atomic mass is 10.4. The number of aromatic amines is 1. The van der Waals surface area contributed by atoms with E-state index in [-0.39, 0.29) is 11.6 Å². The van der Waals surface area contributed by atoms with Crippen LogP contribution in [0.25, 0.3) is 0 Å². The molecule has 2 aromatic rings. The van der Waals surface area contributed by atoms with E-state index in [0.717, 1.165) is 5.56 Å². The van der Waals surface area contributed by atoms with Crippen molar-refractivity contribution in [3.05, 3.63) is 30.0 Å². The number of imidazole rings is 1. The molecule has 2 heterocycles. The third-order valence-electron chi connectivity index (χ3n) is 2.19. The topological polar surface area (TPSA) is 92.7 Å². The van der Waals surface area contributed by atoms with Crippen LogP contribution in [0.5, 0.6) is 0 Å². The Morgan fingerprint density at radius 2 is 2.24 bits per heavy atom. The summed E-state index contributed by atoms with van der Waals surface area (Å²) in [7, 11) is -1.76. The van der Waals surface area contributed by atoms with Gasteiger partial charge in [-0.3, -0.25) is 4.68 Å². The van der Waals surface area contributed by atoms with Gasteiger partial charge in [0, 0.05) is 25.4 Å². The van der Waals surface area contributed by atoms with E-state index in [1.54, 1.807) is 31.0 Å². The van der Waals surface area contributed by atoms with E-state index >= 15 is 0 Å². The summed E-state index contributed by atoms with van der Waals surface area (Å²) in [5.41, 5.74) is 0.798. The second-order valence-electron chi connectivity index (χ2n) is 3.68. The van der Waals surface area contributed by atoms with E-state index in [1.807, 2.05) is 0 Å². The molecule has 2 aromatic heterocycles. The SMILES string of the molecule is Cc1ncc(S(=O)(=O)NCc2cnn(C)c2)[nH]1. The number of H-pyrrole nitrogens is 1. The molecule has 8 heteroatoms. The summed E-state index contributed by atoms with van der Waals surface area (Å²) < 4.78 is 27.7. The van der Waals surface area contributed by atoms with Gasteiger partial charge in [-0.25, -0.2) is 18.1 Å². The van der Waals surface area contributed by atoms with Crippen LogP contribution in [0.15, 0.2) is 23.6 Å². The lowest BCUT2D eigenvalue weighted by Crippen LogP contribution is -2.23. The van der Waals surface area contributed by atoms with Crippen LogP contribution in [0.2, 0.25) is 0 Å². The Balaban J connectivity index is 2.08. The zero-order valence-electron chi connectivity index (χ0n) is 9.51. The number of rotatable bonds is 4. The Morgan fingerprint density at radius 3 is 2.76 bits per heavy atom. The second-order valence-corrected chi connectivity index (χ2v) is 5.42. The first-order valence-electron chi connectivity index (χ1n) is 4.96. The number of nitrogens with one attached hydrogen (secondary N) is 2. The van der Waals surface area contributed by atoms with Crippen molar-refractivity contribution >= 4 is 10.0 Å². The number of hydrogen-bond donors (Lipinski definition) is 2. The van der Waals surface area contributed by atoms with Crippen LogP contribution < -0.4 is 4.72 Å². The quantitative estimate of drug-likeness (QED) is 0.799. The van der Waals surface area contributed by atoms with Gasteiger partial charge in [-0.1, -0.05) is 0 Å². The molecule has 0 atom stereocenters. The van der Waals surface area contributed by atoms with Gasteiger partial charge in [0.1, 0.15) is 5.82 Å². The Morgan fingerprint density at radius 1 is 1.47 bits per heavy atom. The molecule has 0 radical (unpaired) electrons. The Kier molecular flexibility index (Phi) is 2.99. The average Bonchev–Trinajstić information content (AvgIpc) is 2.85. The summed E-state index contributed by atoms with van der Waals surface area (Å²) in [4.78, 5) is 6.53. The Bertz CT molecular complexity index is 613. The van der Waals surface area contributed by atoms with Gasteiger partial charge in [0.2, 0.25) is 0 Å². The van der Waals surface area contributed by atoms with Gasteiger partial charge in [-0.05, 0) is 6.92 Å². The lowest BCUT2D eigenvalue weighted by molar-refractivity contribution is 0.578. The molecule has 0 saturated heterocycles. The molecule has 0 aliphatic rings. The summed E-state index contributed by atoms with van der Waals surface area (Å²) in [5, 5.41) is 4.02.